The number of hydrogen-bond donors (Lipinski definition) is 3. The Bertz CT molecular complexity index is 754. The number of amides is 1. The molecular weight excluding hydrogens is 453 g/mol. The fourth-order valence-electron chi connectivity index (χ4n) is 2.22. The first-order valence-corrected chi connectivity index (χ1v) is 9.36. The number of rotatable bonds is 3. The number of carbonyl (C=O) groups excluding carboxylic acids is 1. The van der Waals surface area contributed by atoms with Crippen LogP contribution in [0.3, 0.4) is 0 Å². The molecule has 0 bridgehead atoms. The molecule has 0 saturated carbocycles. The quantitative estimate of drug-likeness (QED) is 0.602. The van der Waals surface area contributed by atoms with Crippen LogP contribution in [0.2, 0.25) is 0 Å². The summed E-state index contributed by atoms with van der Waals surface area (Å²) in [5.41, 5.74) is 1.57. The van der Waals surface area contributed by atoms with E-state index in [4.69, 9.17) is 0 Å². The Hall–Kier alpha value is -1.88. The zero-order valence-electron chi connectivity index (χ0n) is 11.4. The van der Waals surface area contributed by atoms with Crippen molar-refractivity contribution in [2.24, 2.45) is 0 Å². The summed E-state index contributed by atoms with van der Waals surface area (Å²) >= 11 is 0.230. The molecule has 5 nitrogen and oxygen atoms in total. The van der Waals surface area contributed by atoms with E-state index in [1.165, 1.54) is 0 Å². The first-order chi connectivity index (χ1) is 10.3. The van der Waals surface area contributed by atoms with E-state index in [-0.39, 0.29) is 32.3 Å². The summed E-state index contributed by atoms with van der Waals surface area (Å²) in [6.07, 6.45) is 7.40. The maximum atomic E-state index is 11.9. The van der Waals surface area contributed by atoms with Crippen LogP contribution in [0, 0.1) is 0 Å². The van der Waals surface area contributed by atoms with E-state index >= 15 is 0 Å². The normalized spacial score (nSPS) is 14.0. The van der Waals surface area contributed by atoms with Crippen molar-refractivity contribution < 1.29 is 31.2 Å². The number of pyridine rings is 1. The number of aromatic nitrogens is 1. The van der Waals surface area contributed by atoms with Gasteiger partial charge in [-0.15, -0.1) is 0 Å². The van der Waals surface area contributed by atoms with E-state index in [1.54, 1.807) is 6.20 Å². The van der Waals surface area contributed by atoms with Gasteiger partial charge in [0.1, 0.15) is 0 Å². The minimum absolute atomic E-state index is 0.0354. The molecular formula is C15H13HgN4O. The van der Waals surface area contributed by atoms with Crippen LogP contribution in [0.1, 0.15) is 0 Å². The number of benzene rings is 1. The predicted octanol–water partition coefficient (Wildman–Crippen LogP) is 1.60. The van der Waals surface area contributed by atoms with Crippen molar-refractivity contribution >= 4 is 22.4 Å². The van der Waals surface area contributed by atoms with Gasteiger partial charge in [0.15, 0.2) is 0 Å². The fraction of sp³-hybridized carbons (Fsp3) is 0.0667. The van der Waals surface area contributed by atoms with Gasteiger partial charge in [0.05, 0.1) is 0 Å². The van der Waals surface area contributed by atoms with Gasteiger partial charge in [-0.05, 0) is 0 Å². The standard InChI is InChI=1S/C15H14N4O.Hg/c16-14(20)13-2-1-6-18-15(13)19-12-4-3-10-5-7-17-9-11(10)8-12;/h1-5,7-9H,6H2,(H4,16,18,19,20);/q;+1/p-1. The zero-order chi connectivity index (χ0) is 14.7. The zero-order valence-corrected chi connectivity index (χ0v) is 16.9. The number of fused-ring (bicyclic) bond motifs is 1. The van der Waals surface area contributed by atoms with Gasteiger partial charge in [0, 0.05) is 0 Å². The van der Waals surface area contributed by atoms with Gasteiger partial charge >= 0.3 is 139 Å². The minimum atomic E-state index is -0.0354. The van der Waals surface area contributed by atoms with Gasteiger partial charge in [-0.1, -0.05) is 0 Å². The van der Waals surface area contributed by atoms with Gasteiger partial charge in [-0.3, -0.25) is 0 Å². The van der Waals surface area contributed by atoms with E-state index in [2.05, 4.69) is 18.7 Å². The molecule has 3 N–H and O–H groups in total. The van der Waals surface area contributed by atoms with Gasteiger partial charge in [0.25, 0.3) is 0 Å². The summed E-state index contributed by atoms with van der Waals surface area (Å²) in [5.74, 6) is 0.704. The second-order valence-electron chi connectivity index (χ2n) is 4.64. The molecule has 2 aromatic rings. The number of hydrogen-bond acceptors (Lipinski definition) is 4. The molecule has 1 aromatic carbocycles. The SMILES string of the molecule is O=C([NH][Hg])C1=C(Nc2ccc3ccncc3c2)NCC=C1. The van der Waals surface area contributed by atoms with Crippen LogP contribution in [0.25, 0.3) is 10.8 Å². The van der Waals surface area contributed by atoms with E-state index in [1.807, 2.05) is 42.6 Å². The second-order valence-corrected chi connectivity index (χ2v) is 6.01. The molecule has 0 radical (unpaired) electrons. The molecule has 0 aliphatic carbocycles. The number of dihydropyridines is 1. The number of nitrogens with zero attached hydrogens (tertiary/aromatic N) is 1. The molecule has 6 heteroatoms. The molecule has 1 aliphatic rings. The average molecular weight is 466 g/mol. The van der Waals surface area contributed by atoms with E-state index < -0.39 is 0 Å². The predicted molar refractivity (Wildman–Crippen MR) is 77.7 cm³/mol. The van der Waals surface area contributed by atoms with E-state index in [0.29, 0.717) is 12.1 Å². The summed E-state index contributed by atoms with van der Waals surface area (Å²) in [5, 5.41) is 8.70. The molecule has 0 fully saturated rings. The van der Waals surface area contributed by atoms with Gasteiger partial charge in [-0.25, -0.2) is 0 Å². The number of carbonyl (C=O) groups is 1. The first-order valence-electron chi connectivity index (χ1n) is 6.61. The van der Waals surface area contributed by atoms with Crippen LogP contribution in [-0.4, -0.2) is 17.4 Å². The van der Waals surface area contributed by atoms with Crippen LogP contribution in [0.15, 0.2) is 60.2 Å². The van der Waals surface area contributed by atoms with E-state index in [0.717, 1.165) is 22.3 Å². The van der Waals surface area contributed by atoms with Crippen molar-refractivity contribution in [1.82, 2.24) is 13.4 Å². The molecule has 21 heavy (non-hydrogen) atoms. The Morgan fingerprint density at radius 3 is 3.05 bits per heavy atom. The van der Waals surface area contributed by atoms with E-state index in [9.17, 15) is 4.79 Å². The summed E-state index contributed by atoms with van der Waals surface area (Å²) in [6.45, 7) is 0.708. The summed E-state index contributed by atoms with van der Waals surface area (Å²) in [4.78, 5) is 16.1. The molecule has 101 valence electrons. The summed E-state index contributed by atoms with van der Waals surface area (Å²) in [6, 6.07) is 8.03. The molecule has 0 unspecified atom stereocenters. The molecule has 0 atom stereocenters. The Balaban J connectivity index is 1.94. The average Bonchev–Trinajstić information content (AvgIpc) is 2.54. The van der Waals surface area contributed by atoms with Crippen LogP contribution in [-0.2, 0) is 31.2 Å². The molecule has 2 heterocycles. The van der Waals surface area contributed by atoms with Gasteiger partial charge in [0.2, 0.25) is 0 Å². The fourth-order valence-corrected chi connectivity index (χ4v) is 2.96. The van der Waals surface area contributed by atoms with Crippen LogP contribution in [0.4, 0.5) is 5.69 Å². The van der Waals surface area contributed by atoms with Crippen molar-refractivity contribution in [1.29, 1.82) is 0 Å². The third kappa shape index (κ3) is 3.07. The van der Waals surface area contributed by atoms with Crippen molar-refractivity contribution in [3.8, 4) is 0 Å². The maximum absolute atomic E-state index is 11.9. The molecule has 1 aromatic heterocycles. The molecule has 1 aliphatic heterocycles. The Morgan fingerprint density at radius 1 is 1.29 bits per heavy atom. The number of anilines is 1. The van der Waals surface area contributed by atoms with Crippen LogP contribution < -0.4 is 13.7 Å². The first kappa shape index (κ1) is 14.1. The second kappa shape index (κ2) is 6.26. The summed E-state index contributed by atoms with van der Waals surface area (Å²) < 4.78 is 2.84. The third-order valence-corrected chi connectivity index (χ3v) is 4.51. The van der Waals surface area contributed by atoms with Gasteiger partial charge < -0.3 is 0 Å². The summed E-state index contributed by atoms with van der Waals surface area (Å²) in [7, 11) is 0. The molecule has 1 amide bonds. The molecule has 3 rings (SSSR count). The Kier molecular flexibility index (Phi) is 4.19. The van der Waals surface area contributed by atoms with Crippen molar-refractivity contribution in [3.63, 3.8) is 0 Å². The molecule has 0 saturated heterocycles. The van der Waals surface area contributed by atoms with Crippen molar-refractivity contribution in [3.05, 3.63) is 60.2 Å². The van der Waals surface area contributed by atoms with Crippen molar-refractivity contribution in [2.45, 2.75) is 0 Å². The van der Waals surface area contributed by atoms with Crippen LogP contribution >= 0.6 is 0 Å². The molecule has 0 spiro atoms. The van der Waals surface area contributed by atoms with Gasteiger partial charge in [-0.2, -0.15) is 0 Å². The van der Waals surface area contributed by atoms with Crippen LogP contribution in [0.5, 0.6) is 0 Å². The Labute approximate surface area is 138 Å². The number of nitrogens with one attached hydrogen (secondary N) is 3. The monoisotopic (exact) mass is 467 g/mol. The third-order valence-electron chi connectivity index (χ3n) is 3.27. The topological polar surface area (TPSA) is 66.0 Å². The van der Waals surface area contributed by atoms with Crippen molar-refractivity contribution in [2.75, 3.05) is 11.9 Å². The Morgan fingerprint density at radius 2 is 2.19 bits per heavy atom.